The molecule has 0 saturated carbocycles. The molecular weight excluding hydrogens is 328 g/mol. The third kappa shape index (κ3) is 17.4. The van der Waals surface area contributed by atoms with Crippen LogP contribution in [0.4, 0.5) is 0 Å². The third-order valence-electron chi connectivity index (χ3n) is 3.80. The molecule has 5 heteroatoms. The monoisotopic (exact) mass is 370 g/mol. The van der Waals surface area contributed by atoms with Gasteiger partial charge in [0, 0.05) is 12.3 Å². The number of carbonyl (C=O) groups excluding carboxylic acids is 3. The van der Waals surface area contributed by atoms with Crippen molar-refractivity contribution in [1.29, 1.82) is 0 Å². The highest BCUT2D eigenvalue weighted by molar-refractivity contribution is 5.91. The quantitative estimate of drug-likeness (QED) is 0.538. The van der Waals surface area contributed by atoms with E-state index in [4.69, 9.17) is 0 Å². The molecule has 0 aliphatic carbocycles. The Balaban J connectivity index is 0. The first-order chi connectivity index (χ1) is 12.0. The van der Waals surface area contributed by atoms with Gasteiger partial charge in [-0.15, -0.1) is 0 Å². The Labute approximate surface area is 161 Å². The summed E-state index contributed by atoms with van der Waals surface area (Å²) >= 11 is 0. The molecule has 0 rings (SSSR count). The second kappa shape index (κ2) is 15.8. The van der Waals surface area contributed by atoms with E-state index in [0.29, 0.717) is 12.3 Å². The number of rotatable bonds is 11. The van der Waals surface area contributed by atoms with Gasteiger partial charge in [0.25, 0.3) is 0 Å². The summed E-state index contributed by atoms with van der Waals surface area (Å²) in [4.78, 5) is 35.2. The molecule has 2 unspecified atom stereocenters. The van der Waals surface area contributed by atoms with E-state index in [2.05, 4.69) is 45.3 Å². The van der Waals surface area contributed by atoms with Crippen LogP contribution in [0.5, 0.6) is 0 Å². The number of nitrogens with one attached hydrogen (secondary N) is 2. The number of unbranched alkanes of at least 4 members (excludes halogenated alkanes) is 1. The summed E-state index contributed by atoms with van der Waals surface area (Å²) in [7, 11) is 0. The molecule has 154 valence electrons. The predicted molar refractivity (Wildman–Crippen MR) is 109 cm³/mol. The van der Waals surface area contributed by atoms with Gasteiger partial charge in [0.2, 0.25) is 11.8 Å². The highest BCUT2D eigenvalue weighted by Gasteiger charge is 2.17. The van der Waals surface area contributed by atoms with Crippen LogP contribution in [-0.2, 0) is 14.4 Å². The first-order valence-corrected chi connectivity index (χ1v) is 10.1. The van der Waals surface area contributed by atoms with Gasteiger partial charge in [0.1, 0.15) is 6.04 Å². The molecule has 0 aromatic rings. The van der Waals surface area contributed by atoms with E-state index in [9.17, 15) is 14.4 Å². The minimum Gasteiger partial charge on any atom is -0.347 e. The molecule has 0 radical (unpaired) electrons. The van der Waals surface area contributed by atoms with Crippen molar-refractivity contribution in [3.8, 4) is 0 Å². The van der Waals surface area contributed by atoms with Crippen molar-refractivity contribution in [2.24, 2.45) is 17.8 Å². The lowest BCUT2D eigenvalue weighted by Gasteiger charge is -2.15. The van der Waals surface area contributed by atoms with E-state index >= 15 is 0 Å². The summed E-state index contributed by atoms with van der Waals surface area (Å²) in [6.45, 7) is 16.3. The summed E-state index contributed by atoms with van der Waals surface area (Å²) in [6, 6.07) is -0.609. The van der Waals surface area contributed by atoms with E-state index < -0.39 is 6.04 Å². The number of amides is 2. The van der Waals surface area contributed by atoms with Gasteiger partial charge < -0.3 is 10.6 Å². The predicted octanol–water partition coefficient (Wildman–Crippen LogP) is 4.10. The van der Waals surface area contributed by atoms with E-state index in [-0.39, 0.29) is 30.1 Å². The second-order valence-electron chi connectivity index (χ2n) is 8.15. The first kappa shape index (κ1) is 26.8. The lowest BCUT2D eigenvalue weighted by Crippen LogP contribution is -2.46. The Morgan fingerprint density at radius 1 is 0.885 bits per heavy atom. The molecule has 0 saturated heterocycles. The maximum atomic E-state index is 11.8. The minimum atomic E-state index is -0.609. The van der Waals surface area contributed by atoms with Crippen molar-refractivity contribution in [2.75, 3.05) is 6.54 Å². The zero-order valence-electron chi connectivity index (χ0n) is 18.3. The number of hydrogen-bond donors (Lipinski definition) is 2. The van der Waals surface area contributed by atoms with Crippen molar-refractivity contribution in [3.63, 3.8) is 0 Å². The highest BCUT2D eigenvalue weighted by atomic mass is 16.2. The molecule has 26 heavy (non-hydrogen) atoms. The average Bonchev–Trinajstić information content (AvgIpc) is 2.54. The Kier molecular flexibility index (Phi) is 16.3. The van der Waals surface area contributed by atoms with Crippen LogP contribution in [0, 0.1) is 17.8 Å². The fraction of sp³-hybridized carbons (Fsp3) is 0.857. The Morgan fingerprint density at radius 3 is 1.88 bits per heavy atom. The van der Waals surface area contributed by atoms with Crippen molar-refractivity contribution >= 4 is 17.6 Å². The smallest absolute Gasteiger partial charge is 0.242 e. The van der Waals surface area contributed by atoms with Crippen LogP contribution in [0.3, 0.4) is 0 Å². The SMILES string of the molecule is CC(C)C.CCC(C)C(=O)CNC(=O)C(C)NC(=O)CCCCC(C)C. The molecular formula is C21H42N2O3. The maximum Gasteiger partial charge on any atom is 0.242 e. The third-order valence-corrected chi connectivity index (χ3v) is 3.80. The molecule has 0 aromatic carbocycles. The number of ketones is 1. The van der Waals surface area contributed by atoms with Gasteiger partial charge >= 0.3 is 0 Å². The van der Waals surface area contributed by atoms with E-state index in [1.807, 2.05) is 13.8 Å². The summed E-state index contributed by atoms with van der Waals surface area (Å²) < 4.78 is 0. The van der Waals surface area contributed by atoms with E-state index in [1.54, 1.807) is 6.92 Å². The maximum absolute atomic E-state index is 11.8. The van der Waals surface area contributed by atoms with Crippen LogP contribution in [0.15, 0.2) is 0 Å². The van der Waals surface area contributed by atoms with Gasteiger partial charge in [0.05, 0.1) is 6.54 Å². The van der Waals surface area contributed by atoms with Crippen LogP contribution in [0.2, 0.25) is 0 Å². The minimum absolute atomic E-state index is 0.0167. The van der Waals surface area contributed by atoms with Crippen molar-refractivity contribution in [1.82, 2.24) is 10.6 Å². The van der Waals surface area contributed by atoms with Crippen LogP contribution in [0.25, 0.3) is 0 Å². The highest BCUT2D eigenvalue weighted by Crippen LogP contribution is 2.08. The van der Waals surface area contributed by atoms with Gasteiger partial charge in [-0.2, -0.15) is 0 Å². The molecule has 2 amide bonds. The first-order valence-electron chi connectivity index (χ1n) is 10.1. The van der Waals surface area contributed by atoms with Gasteiger partial charge in [-0.1, -0.05) is 61.3 Å². The summed E-state index contributed by atoms with van der Waals surface area (Å²) in [5, 5.41) is 5.25. The largest absolute Gasteiger partial charge is 0.347 e. The molecule has 0 bridgehead atoms. The van der Waals surface area contributed by atoms with Gasteiger partial charge in [0.15, 0.2) is 5.78 Å². The second-order valence-corrected chi connectivity index (χ2v) is 8.15. The normalized spacial score (nSPS) is 12.8. The van der Waals surface area contributed by atoms with Crippen LogP contribution in [-0.4, -0.2) is 30.2 Å². The molecule has 0 heterocycles. The lowest BCUT2D eigenvalue weighted by molar-refractivity contribution is -0.130. The summed E-state index contributed by atoms with van der Waals surface area (Å²) in [5.41, 5.74) is 0. The van der Waals surface area contributed by atoms with Crippen molar-refractivity contribution in [3.05, 3.63) is 0 Å². The molecule has 0 aliphatic rings. The fourth-order valence-corrected chi connectivity index (χ4v) is 1.95. The summed E-state index contributed by atoms with van der Waals surface area (Å²) in [6.07, 6.45) is 4.18. The Hall–Kier alpha value is -1.39. The number of Topliss-reactive ketones (excluding diaryl/α,β-unsaturated/α-hetero) is 1. The van der Waals surface area contributed by atoms with Gasteiger partial charge in [-0.05, 0) is 31.6 Å². The molecule has 0 fully saturated rings. The zero-order valence-corrected chi connectivity index (χ0v) is 18.3. The molecule has 0 aromatic heterocycles. The molecule has 0 aliphatic heterocycles. The van der Waals surface area contributed by atoms with Gasteiger partial charge in [-0.3, -0.25) is 14.4 Å². The standard InChI is InChI=1S/C17H32N2O3.C4H10/c1-6-13(4)15(20)11-18-17(22)14(5)19-16(21)10-8-7-9-12(2)3;1-4(2)3/h12-14H,6-11H2,1-5H3,(H,18,22)(H,19,21);4H,1-3H3. The Bertz CT molecular complexity index is 403. The topological polar surface area (TPSA) is 75.3 Å². The number of carbonyl (C=O) groups is 3. The van der Waals surface area contributed by atoms with E-state index in [0.717, 1.165) is 31.6 Å². The zero-order chi connectivity index (χ0) is 20.7. The van der Waals surface area contributed by atoms with Crippen LogP contribution < -0.4 is 10.6 Å². The van der Waals surface area contributed by atoms with Crippen LogP contribution in [0.1, 0.15) is 87.5 Å². The van der Waals surface area contributed by atoms with E-state index in [1.165, 1.54) is 0 Å². The van der Waals surface area contributed by atoms with Crippen molar-refractivity contribution in [2.45, 2.75) is 93.5 Å². The molecule has 2 N–H and O–H groups in total. The fourth-order valence-electron chi connectivity index (χ4n) is 1.95. The average molecular weight is 371 g/mol. The summed E-state index contributed by atoms with van der Waals surface area (Å²) in [5.74, 6) is 1.02. The van der Waals surface area contributed by atoms with Crippen LogP contribution >= 0.6 is 0 Å². The van der Waals surface area contributed by atoms with Crippen molar-refractivity contribution < 1.29 is 14.4 Å². The lowest BCUT2D eigenvalue weighted by atomic mass is 10.0. The number of hydrogen-bond acceptors (Lipinski definition) is 3. The molecule has 0 spiro atoms. The molecule has 5 nitrogen and oxygen atoms in total. The Morgan fingerprint density at radius 2 is 1.42 bits per heavy atom. The molecule has 2 atom stereocenters. The van der Waals surface area contributed by atoms with Gasteiger partial charge in [-0.25, -0.2) is 0 Å².